The van der Waals surface area contributed by atoms with Crippen molar-refractivity contribution in [1.82, 2.24) is 24.4 Å². The average molecular weight is 375 g/mol. The highest BCUT2D eigenvalue weighted by molar-refractivity contribution is 5.82. The molecule has 6 nitrogen and oxygen atoms in total. The summed E-state index contributed by atoms with van der Waals surface area (Å²) in [6, 6.07) is 14.4. The van der Waals surface area contributed by atoms with Gasteiger partial charge in [-0.05, 0) is 49.6 Å². The lowest BCUT2D eigenvalue weighted by Crippen LogP contribution is -2.51. The molecule has 2 aliphatic rings. The predicted octanol–water partition coefficient (Wildman–Crippen LogP) is 2.49. The molecule has 0 radical (unpaired) electrons. The molecule has 1 saturated heterocycles. The second-order valence-electron chi connectivity index (χ2n) is 7.99. The molecule has 1 aromatic carbocycles. The minimum Gasteiger partial charge on any atom is -0.341 e. The number of carbonyl (C=O) groups excluding carboxylic acids is 1. The minimum absolute atomic E-state index is 0.0552. The summed E-state index contributed by atoms with van der Waals surface area (Å²) in [6.07, 6.45) is 4.71. The molecule has 0 N–H and O–H groups in total. The minimum atomic E-state index is -0.0552. The van der Waals surface area contributed by atoms with E-state index in [1.54, 1.807) is 0 Å². The first-order valence-corrected chi connectivity index (χ1v) is 10.1. The van der Waals surface area contributed by atoms with Crippen LogP contribution in [0, 0.1) is 0 Å². The van der Waals surface area contributed by atoms with Crippen LogP contribution in [0.5, 0.6) is 0 Å². The van der Waals surface area contributed by atoms with E-state index in [1.807, 2.05) is 24.4 Å². The number of aromatic nitrogens is 3. The standard InChI is InChI=1S/C22H25N5O/c1-25-15-18-7-3-2-6-17(18)14-19(25)22(28)26-12-9-16(10-13-26)21-24-23-20-8-4-5-11-27(20)21/h2-8,11,16,19H,9-10,12-15H2,1H3/t19-/m1/s1. The summed E-state index contributed by atoms with van der Waals surface area (Å²) in [5.74, 6) is 1.64. The van der Waals surface area contributed by atoms with Crippen molar-refractivity contribution >= 4 is 11.6 Å². The molecule has 0 unspecified atom stereocenters. The number of amides is 1. The van der Waals surface area contributed by atoms with Gasteiger partial charge in [0.05, 0.1) is 6.04 Å². The van der Waals surface area contributed by atoms with Crippen LogP contribution < -0.4 is 0 Å². The maximum atomic E-state index is 13.2. The molecule has 0 aliphatic carbocycles. The van der Waals surface area contributed by atoms with Gasteiger partial charge in [0.1, 0.15) is 5.82 Å². The van der Waals surface area contributed by atoms with Crippen molar-refractivity contribution in [2.24, 2.45) is 0 Å². The molecule has 2 aromatic heterocycles. The zero-order chi connectivity index (χ0) is 19.1. The first kappa shape index (κ1) is 17.4. The quantitative estimate of drug-likeness (QED) is 0.691. The van der Waals surface area contributed by atoms with Gasteiger partial charge in [-0.3, -0.25) is 14.1 Å². The maximum Gasteiger partial charge on any atom is 0.240 e. The van der Waals surface area contributed by atoms with Gasteiger partial charge in [-0.1, -0.05) is 30.3 Å². The van der Waals surface area contributed by atoms with Crippen molar-refractivity contribution in [2.75, 3.05) is 20.1 Å². The number of pyridine rings is 1. The number of hydrogen-bond donors (Lipinski definition) is 0. The Bertz CT molecular complexity index is 1000. The van der Waals surface area contributed by atoms with Gasteiger partial charge in [0.25, 0.3) is 0 Å². The molecule has 0 spiro atoms. The van der Waals surface area contributed by atoms with Crippen molar-refractivity contribution in [1.29, 1.82) is 0 Å². The zero-order valence-electron chi connectivity index (χ0n) is 16.2. The van der Waals surface area contributed by atoms with E-state index in [4.69, 9.17) is 0 Å². The SMILES string of the molecule is CN1Cc2ccccc2C[C@@H]1C(=O)N1CCC(c2nnc3ccccn23)CC1. The highest BCUT2D eigenvalue weighted by Crippen LogP contribution is 2.29. The number of likely N-dealkylation sites (N-methyl/N-ethyl adjacent to an activating group) is 1. The Morgan fingerprint density at radius 3 is 2.57 bits per heavy atom. The number of fused-ring (bicyclic) bond motifs is 2. The van der Waals surface area contributed by atoms with Crippen molar-refractivity contribution in [3.8, 4) is 0 Å². The smallest absolute Gasteiger partial charge is 0.240 e. The third kappa shape index (κ3) is 2.98. The molecule has 1 amide bonds. The summed E-state index contributed by atoms with van der Waals surface area (Å²) in [5.41, 5.74) is 3.54. The van der Waals surface area contributed by atoms with Crippen molar-refractivity contribution < 1.29 is 4.79 Å². The number of likely N-dealkylation sites (tertiary alicyclic amines) is 1. The van der Waals surface area contributed by atoms with Crippen LogP contribution in [0.1, 0.15) is 35.7 Å². The Morgan fingerprint density at radius 2 is 1.75 bits per heavy atom. The number of nitrogens with zero attached hydrogens (tertiary/aromatic N) is 5. The van der Waals surface area contributed by atoms with Crippen LogP contribution in [0.4, 0.5) is 0 Å². The first-order valence-electron chi connectivity index (χ1n) is 10.1. The molecule has 5 rings (SSSR count). The van der Waals surface area contributed by atoms with Crippen LogP contribution in [0.2, 0.25) is 0 Å². The van der Waals surface area contributed by atoms with Crippen LogP contribution >= 0.6 is 0 Å². The van der Waals surface area contributed by atoms with Crippen molar-refractivity contribution in [3.05, 3.63) is 65.6 Å². The highest BCUT2D eigenvalue weighted by Gasteiger charge is 2.34. The summed E-state index contributed by atoms with van der Waals surface area (Å²) in [6.45, 7) is 2.42. The molecule has 144 valence electrons. The van der Waals surface area contributed by atoms with Crippen LogP contribution in [0.3, 0.4) is 0 Å². The summed E-state index contributed by atoms with van der Waals surface area (Å²) < 4.78 is 2.08. The van der Waals surface area contributed by atoms with Gasteiger partial charge < -0.3 is 4.90 Å². The number of benzene rings is 1. The lowest BCUT2D eigenvalue weighted by Gasteiger charge is -2.38. The van der Waals surface area contributed by atoms with E-state index >= 15 is 0 Å². The number of rotatable bonds is 2. The topological polar surface area (TPSA) is 53.7 Å². The third-order valence-corrected chi connectivity index (χ3v) is 6.28. The predicted molar refractivity (Wildman–Crippen MR) is 107 cm³/mol. The largest absolute Gasteiger partial charge is 0.341 e. The van der Waals surface area contributed by atoms with Gasteiger partial charge in [-0.2, -0.15) is 0 Å². The highest BCUT2D eigenvalue weighted by atomic mass is 16.2. The average Bonchev–Trinajstić information content (AvgIpc) is 3.17. The molecule has 6 heteroatoms. The number of carbonyl (C=O) groups is 1. The summed E-state index contributed by atoms with van der Waals surface area (Å²) in [7, 11) is 2.06. The normalized spacial score (nSPS) is 21.0. The molecule has 3 aromatic rings. The third-order valence-electron chi connectivity index (χ3n) is 6.28. The molecule has 28 heavy (non-hydrogen) atoms. The van der Waals surface area contributed by atoms with E-state index < -0.39 is 0 Å². The molecule has 4 heterocycles. The van der Waals surface area contributed by atoms with Gasteiger partial charge in [0.2, 0.25) is 5.91 Å². The van der Waals surface area contributed by atoms with Gasteiger partial charge in [-0.15, -0.1) is 10.2 Å². The van der Waals surface area contributed by atoms with E-state index in [0.29, 0.717) is 5.92 Å². The zero-order valence-corrected chi connectivity index (χ0v) is 16.2. The fourth-order valence-corrected chi connectivity index (χ4v) is 4.64. The first-order chi connectivity index (χ1) is 13.7. The van der Waals surface area contributed by atoms with Gasteiger partial charge in [0.15, 0.2) is 5.65 Å². The molecular weight excluding hydrogens is 350 g/mol. The molecule has 1 atom stereocenters. The molecule has 1 fully saturated rings. The second kappa shape index (κ2) is 7.02. The van der Waals surface area contributed by atoms with Gasteiger partial charge in [-0.25, -0.2) is 0 Å². The fourth-order valence-electron chi connectivity index (χ4n) is 4.64. The monoisotopic (exact) mass is 375 g/mol. The van der Waals surface area contributed by atoms with Crippen molar-refractivity contribution in [3.63, 3.8) is 0 Å². The molecular formula is C22H25N5O. The van der Waals surface area contributed by atoms with Gasteiger partial charge in [0, 0.05) is 31.7 Å². The van der Waals surface area contributed by atoms with E-state index in [0.717, 1.165) is 50.4 Å². The van der Waals surface area contributed by atoms with Crippen LogP contribution in [-0.2, 0) is 17.8 Å². The van der Waals surface area contributed by atoms with E-state index in [1.165, 1.54) is 11.1 Å². The van der Waals surface area contributed by atoms with E-state index in [-0.39, 0.29) is 11.9 Å². The van der Waals surface area contributed by atoms with Crippen molar-refractivity contribution in [2.45, 2.75) is 37.8 Å². The Morgan fingerprint density at radius 1 is 1.00 bits per heavy atom. The lowest BCUT2D eigenvalue weighted by molar-refractivity contribution is -0.138. The summed E-state index contributed by atoms with van der Waals surface area (Å²) in [5, 5.41) is 8.70. The molecule has 0 bridgehead atoms. The van der Waals surface area contributed by atoms with Crippen LogP contribution in [0.25, 0.3) is 5.65 Å². The lowest BCUT2D eigenvalue weighted by atomic mass is 9.92. The Balaban J connectivity index is 1.27. The maximum absolute atomic E-state index is 13.2. The number of piperidine rings is 1. The summed E-state index contributed by atoms with van der Waals surface area (Å²) >= 11 is 0. The van der Waals surface area contributed by atoms with Gasteiger partial charge >= 0.3 is 0 Å². The fraction of sp³-hybridized carbons (Fsp3) is 0.409. The molecule has 2 aliphatic heterocycles. The van der Waals surface area contributed by atoms with Crippen LogP contribution in [-0.4, -0.2) is 56.5 Å². The summed E-state index contributed by atoms with van der Waals surface area (Å²) in [4.78, 5) is 17.5. The Labute approximate surface area is 164 Å². The van der Waals surface area contributed by atoms with Crippen LogP contribution in [0.15, 0.2) is 48.7 Å². The molecule has 0 saturated carbocycles. The second-order valence-corrected chi connectivity index (χ2v) is 7.99. The Kier molecular flexibility index (Phi) is 4.36. The number of hydrogen-bond acceptors (Lipinski definition) is 4. The van der Waals surface area contributed by atoms with E-state index in [2.05, 4.69) is 55.7 Å². The Hall–Kier alpha value is -2.73. The van der Waals surface area contributed by atoms with E-state index in [9.17, 15) is 4.79 Å².